The molecule has 0 aliphatic heterocycles. The van der Waals surface area contributed by atoms with Crippen LogP contribution in [0.2, 0.25) is 0 Å². The zero-order valence-corrected chi connectivity index (χ0v) is 12.5. The number of rotatable bonds is 1. The van der Waals surface area contributed by atoms with Crippen molar-refractivity contribution in [3.63, 3.8) is 0 Å². The maximum absolute atomic E-state index is 13.9. The molecule has 4 aromatic rings. The molecule has 0 fully saturated rings. The first kappa shape index (κ1) is 14.1. The average molecular weight is 314 g/mol. The van der Waals surface area contributed by atoms with E-state index in [4.69, 9.17) is 0 Å². The fourth-order valence-electron chi connectivity index (χ4n) is 2.39. The number of halogens is 1. The quantitative estimate of drug-likeness (QED) is 0.506. The van der Waals surface area contributed by atoms with Gasteiger partial charge in [0.2, 0.25) is 0 Å². The van der Waals surface area contributed by atoms with Crippen LogP contribution in [0.4, 0.5) is 4.39 Å². The van der Waals surface area contributed by atoms with Gasteiger partial charge in [0.1, 0.15) is 11.5 Å². The van der Waals surface area contributed by atoms with E-state index < -0.39 is 0 Å². The maximum atomic E-state index is 13.9. The second-order valence-corrected chi connectivity index (χ2v) is 5.16. The number of benzene rings is 1. The second-order valence-electron chi connectivity index (χ2n) is 5.16. The standard InChI is InChI=1S/C19H11FN4/c20-17-12-14(11-16(13-17)15-3-7-21-8-4-15)1-2-18-6-10-24-19(23-18)5-9-22-24/h3-13H. The van der Waals surface area contributed by atoms with Crippen LogP contribution in [-0.4, -0.2) is 19.6 Å². The van der Waals surface area contributed by atoms with E-state index in [-0.39, 0.29) is 5.82 Å². The Balaban J connectivity index is 1.71. The number of fused-ring (bicyclic) bond motifs is 1. The molecule has 4 nitrogen and oxygen atoms in total. The van der Waals surface area contributed by atoms with E-state index in [9.17, 15) is 4.39 Å². The van der Waals surface area contributed by atoms with E-state index in [0.717, 1.165) is 16.8 Å². The van der Waals surface area contributed by atoms with Crippen LogP contribution in [0.1, 0.15) is 11.3 Å². The van der Waals surface area contributed by atoms with Gasteiger partial charge >= 0.3 is 0 Å². The van der Waals surface area contributed by atoms with Crippen molar-refractivity contribution in [2.75, 3.05) is 0 Å². The van der Waals surface area contributed by atoms with Gasteiger partial charge in [-0.1, -0.05) is 5.92 Å². The van der Waals surface area contributed by atoms with Crippen molar-refractivity contribution in [1.82, 2.24) is 19.6 Å². The van der Waals surface area contributed by atoms with Gasteiger partial charge in [-0.2, -0.15) is 5.10 Å². The minimum atomic E-state index is -0.326. The van der Waals surface area contributed by atoms with E-state index in [2.05, 4.69) is 26.9 Å². The summed E-state index contributed by atoms with van der Waals surface area (Å²) in [7, 11) is 0. The summed E-state index contributed by atoms with van der Waals surface area (Å²) in [5.74, 6) is 5.61. The molecule has 0 saturated heterocycles. The molecular formula is C19H11FN4. The second kappa shape index (κ2) is 5.94. The molecule has 0 aliphatic rings. The molecule has 24 heavy (non-hydrogen) atoms. The Morgan fingerprint density at radius 3 is 2.62 bits per heavy atom. The summed E-state index contributed by atoms with van der Waals surface area (Å²) >= 11 is 0. The molecule has 0 aliphatic carbocycles. The molecule has 0 unspecified atom stereocenters. The molecule has 0 amide bonds. The lowest BCUT2D eigenvalue weighted by Crippen LogP contribution is -1.91. The van der Waals surface area contributed by atoms with Gasteiger partial charge in [0.15, 0.2) is 5.65 Å². The Bertz CT molecular complexity index is 1070. The molecule has 0 N–H and O–H groups in total. The predicted octanol–water partition coefficient (Wildman–Crippen LogP) is 3.33. The molecule has 0 radical (unpaired) electrons. The maximum Gasteiger partial charge on any atom is 0.156 e. The van der Waals surface area contributed by atoms with E-state index in [1.807, 2.05) is 18.2 Å². The number of hydrogen-bond acceptors (Lipinski definition) is 3. The van der Waals surface area contributed by atoms with Crippen molar-refractivity contribution >= 4 is 5.65 Å². The molecule has 0 saturated carbocycles. The molecule has 0 bridgehead atoms. The Labute approximate surface area is 137 Å². The van der Waals surface area contributed by atoms with E-state index in [1.54, 1.807) is 41.4 Å². The molecule has 1 aromatic carbocycles. The summed E-state index contributed by atoms with van der Waals surface area (Å²) in [5.41, 5.74) is 3.58. The summed E-state index contributed by atoms with van der Waals surface area (Å²) in [6.45, 7) is 0. The van der Waals surface area contributed by atoms with Crippen LogP contribution in [0.3, 0.4) is 0 Å². The van der Waals surface area contributed by atoms with E-state index in [0.29, 0.717) is 11.3 Å². The lowest BCUT2D eigenvalue weighted by molar-refractivity contribution is 0.628. The highest BCUT2D eigenvalue weighted by atomic mass is 19.1. The van der Waals surface area contributed by atoms with Crippen molar-refractivity contribution in [3.8, 4) is 23.0 Å². The fourth-order valence-corrected chi connectivity index (χ4v) is 2.39. The third-order valence-electron chi connectivity index (χ3n) is 3.50. The third kappa shape index (κ3) is 2.85. The van der Waals surface area contributed by atoms with Gasteiger partial charge in [0, 0.05) is 30.2 Å². The van der Waals surface area contributed by atoms with Crippen LogP contribution in [-0.2, 0) is 0 Å². The first-order valence-corrected chi connectivity index (χ1v) is 7.31. The molecular weight excluding hydrogens is 303 g/mol. The van der Waals surface area contributed by atoms with Crippen LogP contribution < -0.4 is 0 Å². The summed E-state index contributed by atoms with van der Waals surface area (Å²) in [5, 5.41) is 4.09. The van der Waals surface area contributed by atoms with Crippen molar-refractivity contribution in [2.45, 2.75) is 0 Å². The Morgan fingerprint density at radius 1 is 0.875 bits per heavy atom. The summed E-state index contributed by atoms with van der Waals surface area (Å²) in [6, 6.07) is 12.0. The van der Waals surface area contributed by atoms with Gasteiger partial charge in [0.05, 0.1) is 6.20 Å². The van der Waals surface area contributed by atoms with Gasteiger partial charge in [-0.25, -0.2) is 13.9 Å². The van der Waals surface area contributed by atoms with Gasteiger partial charge in [-0.15, -0.1) is 0 Å². The molecule has 3 aromatic heterocycles. The molecule has 0 atom stereocenters. The van der Waals surface area contributed by atoms with Crippen molar-refractivity contribution in [3.05, 3.63) is 84.3 Å². The number of nitrogens with zero attached hydrogens (tertiary/aromatic N) is 4. The highest BCUT2D eigenvalue weighted by Gasteiger charge is 2.02. The minimum Gasteiger partial charge on any atom is -0.265 e. The number of hydrogen-bond donors (Lipinski definition) is 0. The Hall–Kier alpha value is -3.52. The van der Waals surface area contributed by atoms with Gasteiger partial charge in [-0.05, 0) is 53.4 Å². The van der Waals surface area contributed by atoms with Crippen LogP contribution >= 0.6 is 0 Å². The van der Waals surface area contributed by atoms with Gasteiger partial charge in [0.25, 0.3) is 0 Å². The monoisotopic (exact) mass is 314 g/mol. The van der Waals surface area contributed by atoms with Crippen molar-refractivity contribution in [1.29, 1.82) is 0 Å². The molecule has 0 spiro atoms. The highest BCUT2D eigenvalue weighted by molar-refractivity contribution is 5.65. The van der Waals surface area contributed by atoms with E-state index in [1.165, 1.54) is 12.1 Å². The fraction of sp³-hybridized carbons (Fsp3) is 0. The number of pyridine rings is 1. The summed E-state index contributed by atoms with van der Waals surface area (Å²) in [6.07, 6.45) is 6.82. The normalized spacial score (nSPS) is 10.4. The average Bonchev–Trinajstić information content (AvgIpc) is 3.08. The van der Waals surface area contributed by atoms with Crippen molar-refractivity contribution < 1.29 is 4.39 Å². The van der Waals surface area contributed by atoms with Crippen LogP contribution in [0.5, 0.6) is 0 Å². The number of aromatic nitrogens is 4. The van der Waals surface area contributed by atoms with Crippen LogP contribution in [0.25, 0.3) is 16.8 Å². The lowest BCUT2D eigenvalue weighted by Gasteiger charge is -2.02. The highest BCUT2D eigenvalue weighted by Crippen LogP contribution is 2.21. The molecule has 5 heteroatoms. The molecule has 4 rings (SSSR count). The zero-order valence-electron chi connectivity index (χ0n) is 12.5. The van der Waals surface area contributed by atoms with Gasteiger partial charge in [-0.3, -0.25) is 4.98 Å². The van der Waals surface area contributed by atoms with Crippen molar-refractivity contribution in [2.24, 2.45) is 0 Å². The molecule has 114 valence electrons. The first-order chi connectivity index (χ1) is 11.8. The largest absolute Gasteiger partial charge is 0.265 e. The van der Waals surface area contributed by atoms with Crippen LogP contribution in [0.15, 0.2) is 67.3 Å². The third-order valence-corrected chi connectivity index (χ3v) is 3.50. The first-order valence-electron chi connectivity index (χ1n) is 7.31. The van der Waals surface area contributed by atoms with Gasteiger partial charge < -0.3 is 0 Å². The SMILES string of the molecule is Fc1cc(C#Cc2ccn3nccc3n2)cc(-c2ccncc2)c1. The Kier molecular flexibility index (Phi) is 3.49. The predicted molar refractivity (Wildman–Crippen MR) is 88.6 cm³/mol. The van der Waals surface area contributed by atoms with Crippen LogP contribution in [0, 0.1) is 17.7 Å². The summed E-state index contributed by atoms with van der Waals surface area (Å²) in [4.78, 5) is 8.35. The summed E-state index contributed by atoms with van der Waals surface area (Å²) < 4.78 is 15.6. The smallest absolute Gasteiger partial charge is 0.156 e. The Morgan fingerprint density at radius 2 is 1.75 bits per heavy atom. The van der Waals surface area contributed by atoms with E-state index >= 15 is 0 Å². The lowest BCUT2D eigenvalue weighted by atomic mass is 10.0. The minimum absolute atomic E-state index is 0.326. The molecule has 3 heterocycles. The topological polar surface area (TPSA) is 43.1 Å². The zero-order chi connectivity index (χ0) is 16.4.